The SMILES string of the molecule is CC1CN(C)CCC1NS(=O)(=O)c1ccc(NN)cc1. The third-order valence-electron chi connectivity index (χ3n) is 3.75. The molecule has 7 heteroatoms. The Morgan fingerprint density at radius 2 is 1.95 bits per heavy atom. The lowest BCUT2D eigenvalue weighted by atomic mass is 9.95. The van der Waals surface area contributed by atoms with E-state index in [-0.39, 0.29) is 10.9 Å². The number of anilines is 1. The highest BCUT2D eigenvalue weighted by molar-refractivity contribution is 7.89. The smallest absolute Gasteiger partial charge is 0.240 e. The van der Waals surface area contributed by atoms with Gasteiger partial charge in [-0.2, -0.15) is 0 Å². The van der Waals surface area contributed by atoms with Gasteiger partial charge in [0.2, 0.25) is 10.0 Å². The molecular formula is C13H22N4O2S. The van der Waals surface area contributed by atoms with E-state index in [1.165, 1.54) is 0 Å². The summed E-state index contributed by atoms with van der Waals surface area (Å²) in [5.74, 6) is 5.57. The summed E-state index contributed by atoms with van der Waals surface area (Å²) in [7, 11) is -1.42. The minimum atomic E-state index is -3.47. The Morgan fingerprint density at radius 3 is 2.50 bits per heavy atom. The maximum atomic E-state index is 12.4. The van der Waals surface area contributed by atoms with Crippen molar-refractivity contribution in [3.8, 4) is 0 Å². The number of hydrogen-bond donors (Lipinski definition) is 3. The molecule has 2 rings (SSSR count). The number of piperidine rings is 1. The number of benzene rings is 1. The van der Waals surface area contributed by atoms with E-state index < -0.39 is 10.0 Å². The molecule has 112 valence electrons. The molecule has 0 aliphatic carbocycles. The number of nitrogens with one attached hydrogen (secondary N) is 2. The van der Waals surface area contributed by atoms with Crippen LogP contribution in [0.2, 0.25) is 0 Å². The lowest BCUT2D eigenvalue weighted by Gasteiger charge is -2.34. The molecule has 0 amide bonds. The first kappa shape index (κ1) is 15.2. The van der Waals surface area contributed by atoms with Crippen LogP contribution < -0.4 is 16.0 Å². The van der Waals surface area contributed by atoms with Gasteiger partial charge >= 0.3 is 0 Å². The third kappa shape index (κ3) is 3.49. The van der Waals surface area contributed by atoms with Crippen molar-refractivity contribution in [1.29, 1.82) is 0 Å². The van der Waals surface area contributed by atoms with Crippen LogP contribution in [0.3, 0.4) is 0 Å². The van der Waals surface area contributed by atoms with Crippen LogP contribution in [0.1, 0.15) is 13.3 Å². The van der Waals surface area contributed by atoms with E-state index >= 15 is 0 Å². The van der Waals surface area contributed by atoms with Crippen molar-refractivity contribution >= 4 is 15.7 Å². The Hall–Kier alpha value is -1.15. The predicted octanol–water partition coefficient (Wildman–Crippen LogP) is 0.591. The summed E-state index contributed by atoms with van der Waals surface area (Å²) >= 11 is 0. The zero-order valence-corrected chi connectivity index (χ0v) is 12.7. The highest BCUT2D eigenvalue weighted by Crippen LogP contribution is 2.19. The van der Waals surface area contributed by atoms with Crippen LogP contribution in [0, 0.1) is 5.92 Å². The van der Waals surface area contributed by atoms with Gasteiger partial charge in [-0.05, 0) is 50.2 Å². The molecule has 1 aromatic carbocycles. The van der Waals surface area contributed by atoms with Crippen LogP contribution in [-0.2, 0) is 10.0 Å². The topological polar surface area (TPSA) is 87.5 Å². The van der Waals surface area contributed by atoms with E-state index in [2.05, 4.69) is 29.0 Å². The van der Waals surface area contributed by atoms with E-state index in [0.29, 0.717) is 11.6 Å². The number of sulfonamides is 1. The van der Waals surface area contributed by atoms with Crippen molar-refractivity contribution in [2.45, 2.75) is 24.3 Å². The second-order valence-corrected chi connectivity index (χ2v) is 7.14. The molecule has 4 N–H and O–H groups in total. The summed E-state index contributed by atoms with van der Waals surface area (Å²) in [5, 5.41) is 0. The standard InChI is InChI=1S/C13H22N4O2S/c1-10-9-17(2)8-7-13(10)16-20(18,19)12-5-3-11(15-14)4-6-12/h3-6,10,13,15-16H,7-9,14H2,1-2H3. The van der Waals surface area contributed by atoms with E-state index in [9.17, 15) is 8.42 Å². The van der Waals surface area contributed by atoms with Crippen molar-refractivity contribution < 1.29 is 8.42 Å². The lowest BCUT2D eigenvalue weighted by Crippen LogP contribution is -2.48. The molecule has 0 spiro atoms. The molecule has 20 heavy (non-hydrogen) atoms. The molecule has 1 aliphatic heterocycles. The first-order chi connectivity index (χ1) is 9.42. The fraction of sp³-hybridized carbons (Fsp3) is 0.538. The second kappa shape index (κ2) is 6.09. The Kier molecular flexibility index (Phi) is 4.64. The Bertz CT molecular complexity index is 544. The van der Waals surface area contributed by atoms with Gasteiger partial charge in [-0.15, -0.1) is 0 Å². The van der Waals surface area contributed by atoms with Gasteiger partial charge in [0.05, 0.1) is 4.90 Å². The van der Waals surface area contributed by atoms with Crippen LogP contribution >= 0.6 is 0 Å². The van der Waals surface area contributed by atoms with Crippen LogP contribution in [0.5, 0.6) is 0 Å². The average molecular weight is 298 g/mol. The van der Waals surface area contributed by atoms with Crippen molar-refractivity contribution in [2.75, 3.05) is 25.6 Å². The molecule has 1 heterocycles. The second-order valence-electron chi connectivity index (χ2n) is 5.42. The normalized spacial score (nSPS) is 24.6. The lowest BCUT2D eigenvalue weighted by molar-refractivity contribution is 0.188. The third-order valence-corrected chi connectivity index (χ3v) is 5.25. The molecule has 0 saturated carbocycles. The fourth-order valence-corrected chi connectivity index (χ4v) is 3.91. The maximum absolute atomic E-state index is 12.4. The largest absolute Gasteiger partial charge is 0.324 e. The van der Waals surface area contributed by atoms with Gasteiger partial charge < -0.3 is 10.3 Å². The molecule has 0 bridgehead atoms. The van der Waals surface area contributed by atoms with Gasteiger partial charge in [0.1, 0.15) is 0 Å². The summed E-state index contributed by atoms with van der Waals surface area (Å²) in [4.78, 5) is 2.49. The molecule has 2 unspecified atom stereocenters. The van der Waals surface area contributed by atoms with Gasteiger partial charge in [-0.25, -0.2) is 13.1 Å². The van der Waals surface area contributed by atoms with Gasteiger partial charge in [0.15, 0.2) is 0 Å². The van der Waals surface area contributed by atoms with Gasteiger partial charge in [0.25, 0.3) is 0 Å². The minimum absolute atomic E-state index is 0.0106. The molecule has 0 aromatic heterocycles. The molecular weight excluding hydrogens is 276 g/mol. The number of nitrogen functional groups attached to an aromatic ring is 1. The molecule has 1 fully saturated rings. The van der Waals surface area contributed by atoms with E-state index in [4.69, 9.17) is 5.84 Å². The van der Waals surface area contributed by atoms with Crippen LogP contribution in [0.4, 0.5) is 5.69 Å². The minimum Gasteiger partial charge on any atom is -0.324 e. The number of hydrazine groups is 1. The van der Waals surface area contributed by atoms with E-state index in [1.54, 1.807) is 24.3 Å². The van der Waals surface area contributed by atoms with Crippen molar-refractivity contribution in [1.82, 2.24) is 9.62 Å². The van der Waals surface area contributed by atoms with Gasteiger partial charge in [0, 0.05) is 18.3 Å². The molecule has 2 atom stereocenters. The van der Waals surface area contributed by atoms with Crippen molar-refractivity contribution in [2.24, 2.45) is 11.8 Å². The quantitative estimate of drug-likeness (QED) is 0.559. The molecule has 1 aliphatic rings. The number of hydrogen-bond acceptors (Lipinski definition) is 5. The Labute approximate surface area is 120 Å². The van der Waals surface area contributed by atoms with E-state index in [0.717, 1.165) is 19.5 Å². The molecule has 1 saturated heterocycles. The predicted molar refractivity (Wildman–Crippen MR) is 79.6 cm³/mol. The summed E-state index contributed by atoms with van der Waals surface area (Å²) < 4.78 is 27.5. The zero-order valence-electron chi connectivity index (χ0n) is 11.8. The summed E-state index contributed by atoms with van der Waals surface area (Å²) in [5.41, 5.74) is 3.16. The number of nitrogens with two attached hydrogens (primary N) is 1. The first-order valence-corrected chi connectivity index (χ1v) is 8.18. The van der Waals surface area contributed by atoms with Crippen LogP contribution in [0.15, 0.2) is 29.2 Å². The Balaban J connectivity index is 2.10. The van der Waals surface area contributed by atoms with Crippen LogP contribution in [-0.4, -0.2) is 39.5 Å². The van der Waals surface area contributed by atoms with Crippen molar-refractivity contribution in [3.05, 3.63) is 24.3 Å². The van der Waals surface area contributed by atoms with E-state index in [1.807, 2.05) is 0 Å². The highest BCUT2D eigenvalue weighted by atomic mass is 32.2. The van der Waals surface area contributed by atoms with Crippen LogP contribution in [0.25, 0.3) is 0 Å². The molecule has 0 radical (unpaired) electrons. The van der Waals surface area contributed by atoms with Crippen molar-refractivity contribution in [3.63, 3.8) is 0 Å². The fourth-order valence-electron chi connectivity index (χ4n) is 2.53. The molecule has 6 nitrogen and oxygen atoms in total. The Morgan fingerprint density at radius 1 is 1.30 bits per heavy atom. The number of nitrogens with zero attached hydrogens (tertiary/aromatic N) is 1. The summed E-state index contributed by atoms with van der Waals surface area (Å²) in [6.07, 6.45) is 0.833. The molecule has 1 aromatic rings. The highest BCUT2D eigenvalue weighted by Gasteiger charge is 2.28. The summed E-state index contributed by atoms with van der Waals surface area (Å²) in [6.45, 7) is 3.89. The number of rotatable bonds is 4. The summed E-state index contributed by atoms with van der Waals surface area (Å²) in [6, 6.07) is 6.39. The van der Waals surface area contributed by atoms with Gasteiger partial charge in [-0.3, -0.25) is 5.84 Å². The monoisotopic (exact) mass is 298 g/mol. The first-order valence-electron chi connectivity index (χ1n) is 6.70. The number of likely N-dealkylation sites (tertiary alicyclic amines) is 1. The maximum Gasteiger partial charge on any atom is 0.240 e. The zero-order chi connectivity index (χ0) is 14.8. The van der Waals surface area contributed by atoms with Gasteiger partial charge in [-0.1, -0.05) is 6.92 Å². The average Bonchev–Trinajstić information content (AvgIpc) is 2.42.